The van der Waals surface area contributed by atoms with E-state index in [4.69, 9.17) is 4.74 Å². The maximum absolute atomic E-state index is 13.4. The van der Waals surface area contributed by atoms with Gasteiger partial charge >= 0.3 is 0 Å². The quantitative estimate of drug-likeness (QED) is 0.369. The predicted molar refractivity (Wildman–Crippen MR) is 124 cm³/mol. The third-order valence-electron chi connectivity index (χ3n) is 5.42. The Kier molecular flexibility index (Phi) is 6.74. The monoisotopic (exact) mass is 444 g/mol. The third kappa shape index (κ3) is 5.41. The van der Waals surface area contributed by atoms with Crippen LogP contribution in [-0.2, 0) is 4.79 Å². The molecule has 0 aliphatic heterocycles. The van der Waals surface area contributed by atoms with Crippen molar-refractivity contribution >= 4 is 11.6 Å². The van der Waals surface area contributed by atoms with E-state index >= 15 is 0 Å². The van der Waals surface area contributed by atoms with Crippen LogP contribution in [0.2, 0.25) is 0 Å². The summed E-state index contributed by atoms with van der Waals surface area (Å²) in [6, 6.07) is 21.3. The highest BCUT2D eigenvalue weighted by Crippen LogP contribution is 2.31. The summed E-state index contributed by atoms with van der Waals surface area (Å²) in [5.41, 5.74) is 4.03. The summed E-state index contributed by atoms with van der Waals surface area (Å²) in [6.07, 6.45) is 3.46. The number of nitrogens with zero attached hydrogens (tertiary/aromatic N) is 1. The van der Waals surface area contributed by atoms with Crippen molar-refractivity contribution in [2.45, 2.75) is 12.3 Å². The fourth-order valence-corrected chi connectivity index (χ4v) is 3.73. The third-order valence-corrected chi connectivity index (χ3v) is 5.42. The van der Waals surface area contributed by atoms with Gasteiger partial charge in [0.05, 0.1) is 13.3 Å². The Morgan fingerprint density at radius 3 is 2.00 bits per heavy atom. The molecule has 4 rings (SSSR count). The van der Waals surface area contributed by atoms with E-state index in [1.807, 2.05) is 30.3 Å². The van der Waals surface area contributed by atoms with Gasteiger partial charge in [0.25, 0.3) is 0 Å². The lowest BCUT2D eigenvalue weighted by Gasteiger charge is -2.18. The van der Waals surface area contributed by atoms with Gasteiger partial charge in [-0.2, -0.15) is 0 Å². The van der Waals surface area contributed by atoms with Gasteiger partial charge in [0.1, 0.15) is 17.4 Å². The van der Waals surface area contributed by atoms with E-state index in [9.17, 15) is 13.6 Å². The zero-order chi connectivity index (χ0) is 23.2. The lowest BCUT2D eigenvalue weighted by molar-refractivity contribution is -0.116. The smallest absolute Gasteiger partial charge is 0.225 e. The average molecular weight is 444 g/mol. The minimum atomic E-state index is -0.355. The van der Waals surface area contributed by atoms with Crippen LogP contribution in [0.5, 0.6) is 5.75 Å². The molecule has 4 aromatic rings. The van der Waals surface area contributed by atoms with Gasteiger partial charge in [-0.05, 0) is 59.2 Å². The summed E-state index contributed by atoms with van der Waals surface area (Å²) < 4.78 is 32.2. The molecule has 166 valence electrons. The fourth-order valence-electron chi connectivity index (χ4n) is 3.73. The molecule has 3 aromatic carbocycles. The normalized spacial score (nSPS) is 10.8. The maximum atomic E-state index is 13.4. The van der Waals surface area contributed by atoms with E-state index in [0.29, 0.717) is 11.4 Å². The van der Waals surface area contributed by atoms with Crippen molar-refractivity contribution < 1.29 is 18.3 Å². The molecule has 0 radical (unpaired) electrons. The lowest BCUT2D eigenvalue weighted by atomic mass is 9.88. The molecule has 33 heavy (non-hydrogen) atoms. The van der Waals surface area contributed by atoms with E-state index in [1.54, 1.807) is 43.8 Å². The van der Waals surface area contributed by atoms with E-state index in [-0.39, 0.29) is 29.9 Å². The van der Waals surface area contributed by atoms with Crippen LogP contribution in [0.4, 0.5) is 14.5 Å². The zero-order valence-corrected chi connectivity index (χ0v) is 18.0. The number of hydrogen-bond acceptors (Lipinski definition) is 3. The SMILES string of the molecule is COc1cnccc1-c1ccc(NC(=O)CC(c2ccc(F)cc2)c2ccc(F)cc2)cc1. The molecular weight excluding hydrogens is 422 g/mol. The molecule has 0 bridgehead atoms. The number of amides is 1. The Hall–Kier alpha value is -4.06. The second-order valence-electron chi connectivity index (χ2n) is 7.56. The maximum Gasteiger partial charge on any atom is 0.225 e. The van der Waals surface area contributed by atoms with Crippen LogP contribution >= 0.6 is 0 Å². The van der Waals surface area contributed by atoms with Gasteiger partial charge in [-0.25, -0.2) is 8.78 Å². The number of hydrogen-bond donors (Lipinski definition) is 1. The van der Waals surface area contributed by atoms with E-state index < -0.39 is 0 Å². The average Bonchev–Trinajstić information content (AvgIpc) is 2.84. The van der Waals surface area contributed by atoms with Gasteiger partial charge in [0.2, 0.25) is 5.91 Å². The van der Waals surface area contributed by atoms with Crippen molar-refractivity contribution in [3.63, 3.8) is 0 Å². The highest BCUT2D eigenvalue weighted by Gasteiger charge is 2.19. The van der Waals surface area contributed by atoms with Crippen LogP contribution in [0.1, 0.15) is 23.5 Å². The molecule has 0 aliphatic carbocycles. The number of rotatable bonds is 7. The van der Waals surface area contributed by atoms with Crippen LogP contribution in [0.15, 0.2) is 91.3 Å². The first-order valence-corrected chi connectivity index (χ1v) is 10.4. The van der Waals surface area contributed by atoms with Gasteiger partial charge in [0, 0.05) is 29.8 Å². The fraction of sp³-hybridized carbons (Fsp3) is 0.111. The lowest BCUT2D eigenvalue weighted by Crippen LogP contribution is -2.16. The number of carbonyl (C=O) groups excluding carboxylic acids is 1. The Bertz CT molecular complexity index is 1180. The second kappa shape index (κ2) is 10.0. The molecule has 0 fully saturated rings. The number of aromatic nitrogens is 1. The number of carbonyl (C=O) groups is 1. The minimum absolute atomic E-state index is 0.122. The molecule has 0 saturated carbocycles. The number of ether oxygens (including phenoxy) is 1. The van der Waals surface area contributed by atoms with E-state index in [2.05, 4.69) is 10.3 Å². The van der Waals surface area contributed by atoms with Gasteiger partial charge in [-0.3, -0.25) is 9.78 Å². The van der Waals surface area contributed by atoms with Crippen LogP contribution in [-0.4, -0.2) is 18.0 Å². The Balaban J connectivity index is 1.51. The standard InChI is InChI=1S/C27H22F2N2O2/c1-33-26-17-30-15-14-24(26)18-6-12-23(13-7-18)31-27(32)16-25(19-2-8-21(28)9-3-19)20-4-10-22(29)11-5-20/h2-15,17,25H,16H2,1H3,(H,31,32). The van der Waals surface area contributed by atoms with Crippen molar-refractivity contribution in [1.82, 2.24) is 4.98 Å². The first-order valence-electron chi connectivity index (χ1n) is 10.4. The van der Waals surface area contributed by atoms with Crippen molar-refractivity contribution in [3.05, 3.63) is 114 Å². The minimum Gasteiger partial charge on any atom is -0.494 e. The molecular formula is C27H22F2N2O2. The van der Waals surface area contributed by atoms with Crippen LogP contribution in [0, 0.1) is 11.6 Å². The zero-order valence-electron chi connectivity index (χ0n) is 18.0. The molecule has 0 unspecified atom stereocenters. The highest BCUT2D eigenvalue weighted by atomic mass is 19.1. The summed E-state index contributed by atoms with van der Waals surface area (Å²) in [6.45, 7) is 0. The first kappa shape index (κ1) is 22.1. The van der Waals surface area contributed by atoms with Gasteiger partial charge in [0.15, 0.2) is 0 Å². The second-order valence-corrected chi connectivity index (χ2v) is 7.56. The van der Waals surface area contributed by atoms with Crippen molar-refractivity contribution in [2.24, 2.45) is 0 Å². The summed E-state index contributed by atoms with van der Waals surface area (Å²) in [5.74, 6) is -0.593. The summed E-state index contributed by atoms with van der Waals surface area (Å²) in [5, 5.41) is 2.91. The van der Waals surface area contributed by atoms with Crippen molar-refractivity contribution in [3.8, 4) is 16.9 Å². The highest BCUT2D eigenvalue weighted by molar-refractivity contribution is 5.92. The molecule has 0 saturated heterocycles. The molecule has 0 atom stereocenters. The summed E-state index contributed by atoms with van der Waals surface area (Å²) in [7, 11) is 1.59. The molecule has 4 nitrogen and oxygen atoms in total. The number of anilines is 1. The van der Waals surface area contributed by atoms with Crippen LogP contribution in [0.3, 0.4) is 0 Å². The van der Waals surface area contributed by atoms with Crippen LogP contribution < -0.4 is 10.1 Å². The predicted octanol–water partition coefficient (Wildman–Crippen LogP) is 6.20. The van der Waals surface area contributed by atoms with Crippen LogP contribution in [0.25, 0.3) is 11.1 Å². The van der Waals surface area contributed by atoms with Crippen molar-refractivity contribution in [2.75, 3.05) is 12.4 Å². The largest absolute Gasteiger partial charge is 0.494 e. The van der Waals surface area contributed by atoms with Gasteiger partial charge < -0.3 is 10.1 Å². The number of methoxy groups -OCH3 is 1. The Morgan fingerprint density at radius 2 is 1.45 bits per heavy atom. The number of halogens is 2. The number of benzene rings is 3. The Labute approximate surface area is 190 Å². The molecule has 1 amide bonds. The number of pyridine rings is 1. The molecule has 0 spiro atoms. The molecule has 1 N–H and O–H groups in total. The van der Waals surface area contributed by atoms with Gasteiger partial charge in [-0.15, -0.1) is 0 Å². The van der Waals surface area contributed by atoms with Crippen molar-refractivity contribution in [1.29, 1.82) is 0 Å². The number of nitrogens with one attached hydrogen (secondary N) is 1. The van der Waals surface area contributed by atoms with E-state index in [0.717, 1.165) is 22.3 Å². The van der Waals surface area contributed by atoms with E-state index in [1.165, 1.54) is 24.3 Å². The summed E-state index contributed by atoms with van der Waals surface area (Å²) >= 11 is 0. The topological polar surface area (TPSA) is 51.2 Å². The molecule has 1 aromatic heterocycles. The van der Waals surface area contributed by atoms with Gasteiger partial charge in [-0.1, -0.05) is 36.4 Å². The molecule has 0 aliphatic rings. The Morgan fingerprint density at radius 1 is 0.879 bits per heavy atom. The molecule has 6 heteroatoms. The molecule has 1 heterocycles. The summed E-state index contributed by atoms with van der Waals surface area (Å²) in [4.78, 5) is 16.9. The first-order chi connectivity index (χ1) is 16.0.